The van der Waals surface area contributed by atoms with Crippen molar-refractivity contribution in [3.8, 4) is 11.1 Å². The van der Waals surface area contributed by atoms with E-state index < -0.39 is 26.6 Å². The van der Waals surface area contributed by atoms with Crippen LogP contribution in [0, 0.1) is 10.1 Å². The molecule has 0 unspecified atom stereocenters. The van der Waals surface area contributed by atoms with E-state index >= 15 is 0 Å². The van der Waals surface area contributed by atoms with Crippen molar-refractivity contribution in [3.63, 3.8) is 0 Å². The smallest absolute Gasteiger partial charge is 0.270 e. The molecule has 10 heteroatoms. The maximum atomic E-state index is 12.3. The first-order valence-corrected chi connectivity index (χ1v) is 13.4. The number of β-amino-alcohol motifs (C(OH)–C–C–N with tert-alkyl or cyclic N) is 1. The van der Waals surface area contributed by atoms with Crippen LogP contribution in [0.2, 0.25) is 0 Å². The zero-order chi connectivity index (χ0) is 26.8. The van der Waals surface area contributed by atoms with Crippen LogP contribution in [0.15, 0.2) is 83.9 Å². The Kier molecular flexibility index (Phi) is 7.47. The van der Waals surface area contributed by atoms with Crippen LogP contribution in [-0.2, 0) is 16.6 Å². The Morgan fingerprint density at radius 2 is 1.81 bits per heavy atom. The molecule has 4 rings (SSSR count). The molecule has 0 saturated heterocycles. The highest BCUT2D eigenvalue weighted by molar-refractivity contribution is 7.89. The summed E-state index contributed by atoms with van der Waals surface area (Å²) in [5, 5.41) is 31.9. The van der Waals surface area contributed by atoms with Gasteiger partial charge < -0.3 is 15.0 Å². The van der Waals surface area contributed by atoms with Gasteiger partial charge in [-0.1, -0.05) is 42.5 Å². The normalized spacial score (nSPS) is 13.1. The molecule has 0 aliphatic rings. The van der Waals surface area contributed by atoms with Crippen molar-refractivity contribution in [2.75, 3.05) is 6.54 Å². The fourth-order valence-corrected chi connectivity index (χ4v) is 5.29. The number of aliphatic hydroxyl groups is 1. The second kappa shape index (κ2) is 10.4. The minimum Gasteiger partial charge on any atom is -0.387 e. The average Bonchev–Trinajstić information content (AvgIpc) is 3.28. The number of nitro benzene ring substituents is 1. The molecule has 1 aromatic heterocycles. The van der Waals surface area contributed by atoms with Crippen LogP contribution in [0.3, 0.4) is 0 Å². The molecule has 0 fully saturated rings. The minimum absolute atomic E-state index is 0.0517. The number of nitrogens with two attached hydrogens (primary N) is 1. The quantitative estimate of drug-likeness (QED) is 0.209. The molecule has 3 aromatic carbocycles. The van der Waals surface area contributed by atoms with Gasteiger partial charge >= 0.3 is 0 Å². The summed E-state index contributed by atoms with van der Waals surface area (Å²) in [6.45, 7) is 4.75. The zero-order valence-corrected chi connectivity index (χ0v) is 21.5. The lowest BCUT2D eigenvalue weighted by Gasteiger charge is -2.29. The highest BCUT2D eigenvalue weighted by Crippen LogP contribution is 2.33. The molecule has 1 atom stereocenters. The molecule has 4 N–H and O–H groups in total. The van der Waals surface area contributed by atoms with Gasteiger partial charge in [0.25, 0.3) is 5.69 Å². The van der Waals surface area contributed by atoms with Crippen molar-refractivity contribution >= 4 is 26.6 Å². The molecule has 194 valence electrons. The highest BCUT2D eigenvalue weighted by Gasteiger charge is 2.26. The van der Waals surface area contributed by atoms with E-state index in [2.05, 4.69) is 5.32 Å². The van der Waals surface area contributed by atoms with Gasteiger partial charge in [-0.2, -0.15) is 0 Å². The Morgan fingerprint density at radius 3 is 2.49 bits per heavy atom. The van der Waals surface area contributed by atoms with Gasteiger partial charge in [-0.25, -0.2) is 13.6 Å². The van der Waals surface area contributed by atoms with E-state index in [1.165, 1.54) is 12.1 Å². The van der Waals surface area contributed by atoms with Gasteiger partial charge in [0.05, 0.1) is 15.9 Å². The number of nitrogens with one attached hydrogen (secondary N) is 1. The third-order valence-electron chi connectivity index (χ3n) is 6.51. The summed E-state index contributed by atoms with van der Waals surface area (Å²) in [7, 11) is -4.07. The third kappa shape index (κ3) is 6.05. The van der Waals surface area contributed by atoms with Crippen LogP contribution in [-0.4, -0.2) is 35.1 Å². The molecule has 0 bridgehead atoms. The predicted octanol–water partition coefficient (Wildman–Crippen LogP) is 4.36. The lowest BCUT2D eigenvalue weighted by atomic mass is 9.94. The molecule has 0 spiro atoms. The monoisotopic (exact) mass is 522 g/mol. The van der Waals surface area contributed by atoms with Crippen molar-refractivity contribution in [2.24, 2.45) is 5.14 Å². The zero-order valence-electron chi connectivity index (χ0n) is 20.7. The number of aliphatic hydroxyl groups excluding tert-OH is 1. The second-order valence-electron chi connectivity index (χ2n) is 9.67. The first kappa shape index (κ1) is 26.5. The van der Waals surface area contributed by atoms with Crippen LogP contribution < -0.4 is 10.5 Å². The van der Waals surface area contributed by atoms with E-state index in [9.17, 15) is 23.6 Å². The summed E-state index contributed by atoms with van der Waals surface area (Å²) in [5.41, 5.74) is 2.18. The number of hydrogen-bond donors (Lipinski definition) is 3. The summed E-state index contributed by atoms with van der Waals surface area (Å²) in [6.07, 6.45) is 1.45. The number of nitro groups is 1. The molecule has 0 amide bonds. The van der Waals surface area contributed by atoms with Crippen LogP contribution in [0.1, 0.15) is 31.9 Å². The van der Waals surface area contributed by atoms with E-state index in [1.807, 2.05) is 61.0 Å². The van der Waals surface area contributed by atoms with Crippen LogP contribution >= 0.6 is 0 Å². The predicted molar refractivity (Wildman–Crippen MR) is 144 cm³/mol. The third-order valence-corrected chi connectivity index (χ3v) is 7.48. The summed E-state index contributed by atoms with van der Waals surface area (Å²) < 4.78 is 26.7. The molecular formula is C27H30N4O5S. The maximum Gasteiger partial charge on any atom is 0.270 e. The van der Waals surface area contributed by atoms with Crippen molar-refractivity contribution in [1.29, 1.82) is 0 Å². The fraction of sp³-hybridized carbons (Fsp3) is 0.259. The largest absolute Gasteiger partial charge is 0.387 e. The van der Waals surface area contributed by atoms with Crippen molar-refractivity contribution in [2.45, 2.75) is 43.4 Å². The number of fused-ring (bicyclic) bond motifs is 1. The number of non-ortho nitro benzene ring substituents is 1. The average molecular weight is 523 g/mol. The number of primary sulfonamides is 1. The van der Waals surface area contributed by atoms with E-state index in [0.717, 1.165) is 16.5 Å². The van der Waals surface area contributed by atoms with E-state index in [-0.39, 0.29) is 22.7 Å². The molecule has 37 heavy (non-hydrogen) atoms. The first-order chi connectivity index (χ1) is 17.5. The highest BCUT2D eigenvalue weighted by atomic mass is 32.2. The molecule has 0 aliphatic carbocycles. The van der Waals surface area contributed by atoms with Gasteiger partial charge in [-0.3, -0.25) is 10.1 Å². The Balaban J connectivity index is 1.51. The molecule has 4 aromatic rings. The molecular weight excluding hydrogens is 492 g/mol. The topological polar surface area (TPSA) is 140 Å². The SMILES string of the molecule is CC(C)(CCn1ccc2cc([N+](=O)[O-])ccc21)NC[C@H](O)c1c(-c2ccccc2)cccc1S(N)(=O)=O. The van der Waals surface area contributed by atoms with Gasteiger partial charge in [0.1, 0.15) is 0 Å². The van der Waals surface area contributed by atoms with Gasteiger partial charge in [-0.15, -0.1) is 0 Å². The van der Waals surface area contributed by atoms with Gasteiger partial charge in [0, 0.05) is 53.4 Å². The number of aryl methyl sites for hydroxylation is 1. The number of rotatable bonds is 10. The van der Waals surface area contributed by atoms with Crippen molar-refractivity contribution < 1.29 is 18.4 Å². The standard InChI is InChI=1S/C27H30N4O5S/c1-27(2,14-16-30-15-13-20-17-21(31(33)34)11-12-23(20)30)29-18-24(32)26-22(19-7-4-3-5-8-19)9-6-10-25(26)37(28,35)36/h3-13,15,17,24,29,32H,14,16,18H2,1-2H3,(H2,28,35,36)/t24-/m0/s1. The number of nitrogens with zero attached hydrogens (tertiary/aromatic N) is 2. The van der Waals surface area contributed by atoms with Crippen molar-refractivity contribution in [3.05, 3.63) is 94.7 Å². The maximum absolute atomic E-state index is 12.3. The molecule has 0 radical (unpaired) electrons. The number of aromatic nitrogens is 1. The Bertz CT molecular complexity index is 1530. The fourth-order valence-electron chi connectivity index (χ4n) is 4.46. The summed E-state index contributed by atoms with van der Waals surface area (Å²) >= 11 is 0. The first-order valence-electron chi connectivity index (χ1n) is 11.8. The van der Waals surface area contributed by atoms with Gasteiger partial charge in [-0.05, 0) is 49.6 Å². The molecule has 1 heterocycles. The number of benzene rings is 3. The molecule has 9 nitrogen and oxygen atoms in total. The Labute approximate surface area is 215 Å². The van der Waals surface area contributed by atoms with E-state index in [1.54, 1.807) is 24.3 Å². The summed E-state index contributed by atoms with van der Waals surface area (Å²) in [4.78, 5) is 10.5. The van der Waals surface area contributed by atoms with Crippen LogP contribution in [0.4, 0.5) is 5.69 Å². The number of hydrogen-bond acceptors (Lipinski definition) is 6. The van der Waals surface area contributed by atoms with E-state index in [4.69, 9.17) is 5.14 Å². The number of sulfonamides is 1. The molecule has 0 saturated carbocycles. The Hall–Kier alpha value is -3.57. The van der Waals surface area contributed by atoms with Crippen LogP contribution in [0.25, 0.3) is 22.0 Å². The van der Waals surface area contributed by atoms with Crippen molar-refractivity contribution in [1.82, 2.24) is 9.88 Å². The summed E-state index contributed by atoms with van der Waals surface area (Å²) in [6, 6.07) is 20.7. The Morgan fingerprint density at radius 1 is 1.08 bits per heavy atom. The van der Waals surface area contributed by atoms with E-state index in [0.29, 0.717) is 18.5 Å². The minimum atomic E-state index is -4.07. The van der Waals surface area contributed by atoms with Crippen LogP contribution in [0.5, 0.6) is 0 Å². The molecule has 0 aliphatic heterocycles. The second-order valence-corrected chi connectivity index (χ2v) is 11.2. The lowest BCUT2D eigenvalue weighted by molar-refractivity contribution is -0.384. The lowest BCUT2D eigenvalue weighted by Crippen LogP contribution is -2.42. The van der Waals surface area contributed by atoms with Gasteiger partial charge in [0.2, 0.25) is 10.0 Å². The van der Waals surface area contributed by atoms with Gasteiger partial charge in [0.15, 0.2) is 0 Å². The summed E-state index contributed by atoms with van der Waals surface area (Å²) in [5.74, 6) is 0.